The summed E-state index contributed by atoms with van der Waals surface area (Å²) in [5, 5.41) is 10.7. The van der Waals surface area contributed by atoms with Crippen LogP contribution >= 0.6 is 15.6 Å². The fourth-order valence-corrected chi connectivity index (χ4v) is 11.0. The van der Waals surface area contributed by atoms with Crippen LogP contribution in [0.2, 0.25) is 0 Å². The predicted molar refractivity (Wildman–Crippen MR) is 463 cm³/mol. The molecular weight excluding hydrogens is 1450 g/mol. The Kier molecular flexibility index (Phi) is 76.2. The summed E-state index contributed by atoms with van der Waals surface area (Å²) in [5.41, 5.74) is 0. The van der Waals surface area contributed by atoms with Crippen molar-refractivity contribution >= 4 is 39.5 Å². The van der Waals surface area contributed by atoms with E-state index in [1.54, 1.807) is 0 Å². The zero-order valence-electron chi connectivity index (χ0n) is 68.2. The number of rotatable bonds is 73. The average molecular weight is 1590 g/mol. The molecule has 0 saturated carbocycles. The second kappa shape index (κ2) is 81.6. The van der Waals surface area contributed by atoms with E-state index in [4.69, 9.17) is 37.0 Å². The zero-order chi connectivity index (χ0) is 81.7. The number of allylic oxidation sites excluding steroid dienone is 42. The third-order valence-electron chi connectivity index (χ3n) is 15.5. The fraction of sp³-hybridized carbons (Fsp3) is 0.505. The van der Waals surface area contributed by atoms with Crippen molar-refractivity contribution in [3.8, 4) is 0 Å². The quantitative estimate of drug-likeness (QED) is 0.0169. The lowest BCUT2D eigenvalue weighted by Crippen LogP contribution is -2.30. The monoisotopic (exact) mass is 1590 g/mol. The number of aliphatic hydroxyl groups is 1. The Labute approximate surface area is 675 Å². The molecule has 3 N–H and O–H groups in total. The topological polar surface area (TPSA) is 237 Å². The van der Waals surface area contributed by atoms with Crippen LogP contribution in [0.5, 0.6) is 0 Å². The van der Waals surface area contributed by atoms with Gasteiger partial charge in [-0.15, -0.1) is 0 Å². The second-order valence-electron chi connectivity index (χ2n) is 25.8. The van der Waals surface area contributed by atoms with Gasteiger partial charge in [0, 0.05) is 25.7 Å². The molecule has 0 aromatic rings. The average Bonchev–Trinajstić information content (AvgIpc) is 0.895. The van der Waals surface area contributed by atoms with Gasteiger partial charge >= 0.3 is 39.5 Å². The summed E-state index contributed by atoms with van der Waals surface area (Å²) in [6.45, 7) is 4.10. The Morgan fingerprint density at radius 2 is 0.464 bits per heavy atom. The molecule has 17 nitrogen and oxygen atoms in total. The second-order valence-corrected chi connectivity index (χ2v) is 28.7. The maximum absolute atomic E-state index is 13.1. The lowest BCUT2D eigenvalue weighted by atomic mass is 10.1. The van der Waals surface area contributed by atoms with Crippen LogP contribution in [0.3, 0.4) is 0 Å². The first kappa shape index (κ1) is 105. The highest BCUT2D eigenvalue weighted by molar-refractivity contribution is 7.47. The molecule has 0 spiro atoms. The van der Waals surface area contributed by atoms with Gasteiger partial charge in [0.1, 0.15) is 19.3 Å². The number of aliphatic hydroxyl groups excluding tert-OH is 1. The first-order valence-electron chi connectivity index (χ1n) is 40.9. The molecule has 0 aromatic carbocycles. The van der Waals surface area contributed by atoms with Crippen molar-refractivity contribution in [1.82, 2.24) is 0 Å². The number of carbonyl (C=O) groups is 4. The van der Waals surface area contributed by atoms with Crippen LogP contribution in [-0.2, 0) is 65.4 Å². The molecule has 624 valence electrons. The van der Waals surface area contributed by atoms with Gasteiger partial charge in [-0.3, -0.25) is 37.3 Å². The van der Waals surface area contributed by atoms with E-state index in [-0.39, 0.29) is 25.7 Å². The van der Waals surface area contributed by atoms with Crippen LogP contribution in [-0.4, -0.2) is 96.7 Å². The van der Waals surface area contributed by atoms with E-state index in [1.165, 1.54) is 0 Å². The van der Waals surface area contributed by atoms with Crippen LogP contribution in [0.4, 0.5) is 0 Å². The number of hydrogen-bond acceptors (Lipinski definition) is 15. The van der Waals surface area contributed by atoms with Gasteiger partial charge < -0.3 is 33.8 Å². The van der Waals surface area contributed by atoms with Gasteiger partial charge in [0.05, 0.1) is 26.4 Å². The van der Waals surface area contributed by atoms with Crippen molar-refractivity contribution < 1.29 is 80.2 Å². The summed E-state index contributed by atoms with van der Waals surface area (Å²) in [5.74, 6) is -2.49. The molecule has 0 aliphatic heterocycles. The Balaban J connectivity index is 5.62. The van der Waals surface area contributed by atoms with Crippen molar-refractivity contribution in [3.05, 3.63) is 255 Å². The number of esters is 4. The molecule has 112 heavy (non-hydrogen) atoms. The number of unbranched alkanes of at least 4 members (excludes halogenated alkanes) is 5. The first-order chi connectivity index (χ1) is 54.7. The van der Waals surface area contributed by atoms with E-state index in [0.717, 1.165) is 148 Å². The summed E-state index contributed by atoms with van der Waals surface area (Å²) < 4.78 is 68.5. The predicted octanol–water partition coefficient (Wildman–Crippen LogP) is 24.5. The molecule has 0 saturated heterocycles. The van der Waals surface area contributed by atoms with Gasteiger partial charge in [-0.1, -0.05) is 289 Å². The van der Waals surface area contributed by atoms with Crippen molar-refractivity contribution in [1.29, 1.82) is 0 Å². The van der Waals surface area contributed by atoms with Gasteiger partial charge in [0.25, 0.3) is 0 Å². The molecule has 0 aliphatic carbocycles. The number of carbonyl (C=O) groups excluding carboxylic acids is 4. The largest absolute Gasteiger partial charge is 0.472 e. The smallest absolute Gasteiger partial charge is 0.462 e. The molecule has 0 fully saturated rings. The molecule has 0 aliphatic rings. The number of phosphoric ester groups is 2. The Morgan fingerprint density at radius 1 is 0.250 bits per heavy atom. The van der Waals surface area contributed by atoms with Gasteiger partial charge in [-0.2, -0.15) is 0 Å². The molecule has 0 aromatic heterocycles. The highest BCUT2D eigenvalue weighted by atomic mass is 31.2. The Bertz CT molecular complexity index is 3140. The zero-order valence-corrected chi connectivity index (χ0v) is 70.0. The minimum atomic E-state index is -5.04. The summed E-state index contributed by atoms with van der Waals surface area (Å²) in [6.07, 6.45) is 108. The Hall–Kier alpha value is -7.40. The molecular formula is C93H140O17P2. The minimum Gasteiger partial charge on any atom is -0.462 e. The van der Waals surface area contributed by atoms with Crippen LogP contribution in [0.15, 0.2) is 255 Å². The lowest BCUT2D eigenvalue weighted by molar-refractivity contribution is -0.161. The van der Waals surface area contributed by atoms with Crippen molar-refractivity contribution in [2.45, 2.75) is 264 Å². The molecule has 5 atom stereocenters. The van der Waals surface area contributed by atoms with Crippen LogP contribution in [0.1, 0.15) is 246 Å². The van der Waals surface area contributed by atoms with Gasteiger partial charge in [0.2, 0.25) is 0 Å². The number of ether oxygens (including phenoxy) is 4. The summed E-state index contributed by atoms with van der Waals surface area (Å²) in [6, 6.07) is 0. The highest BCUT2D eigenvalue weighted by Crippen LogP contribution is 2.45. The maximum Gasteiger partial charge on any atom is 0.472 e. The SMILES string of the molecule is CC/C=C\C/C=C\C/C=C\C/C=C\C/C=C\C/C=C\CCC(=O)OCC(COP(=O)(O)OCC(O)COP(=O)(O)OCC(COC(=O)CCCCC/C=C\C/C=C\C/C=C\C/C=C\C/C=C\CC)OC(=O)CCC/C=C\C/C=C\C/C=C\C/C=C\C/C=C\CC)OC(=O)CCC/C=C\C/C=C\C/C=C\C/C=C\C/C=C\CC. The standard InChI is InChI=1S/C93H140O17P2/c1-5-9-13-17-21-25-29-33-37-41-43-47-49-53-57-61-65-69-73-77-90(95)103-83-88(109-92(97)79-75-71-67-63-59-55-51-45-39-35-31-27-23-19-15-11-7-3)85-107-111(99,100)105-81-87(94)82-106-112(101,102)108-86-89(110-93(98)80-76-72-68-64-60-56-52-46-40-36-32-28-24-20-16-12-8-4)84-104-91(96)78-74-70-66-62-58-54-50-48-44-42-38-34-30-26-22-18-14-10-6-2/h9-16,21-28,33-40,43-44,47-48,51-58,63-65,67-69,87-89,94H,5-8,17-20,29-32,41-42,45-46,49-50,59-62,66,70-86H2,1-4H3,(H,99,100)(H,101,102)/b13-9-,14-10-,15-11-,16-12-,25-21-,26-22-,27-23-,28-24-,37-33-,38-34-,39-35-,40-36-,47-43-,48-44-,55-51-,56-52-,57-53-,58-54-,67-63-,68-64-,69-65-. The molecule has 0 rings (SSSR count). The van der Waals surface area contributed by atoms with Gasteiger partial charge in [0.15, 0.2) is 12.2 Å². The normalized spacial score (nSPS) is 15.1. The highest BCUT2D eigenvalue weighted by Gasteiger charge is 2.30. The van der Waals surface area contributed by atoms with Gasteiger partial charge in [-0.05, 0) is 186 Å². The molecule has 19 heteroatoms. The Morgan fingerprint density at radius 3 is 0.732 bits per heavy atom. The van der Waals surface area contributed by atoms with Crippen LogP contribution in [0.25, 0.3) is 0 Å². The molecule has 0 radical (unpaired) electrons. The molecule has 0 amide bonds. The van der Waals surface area contributed by atoms with E-state index >= 15 is 0 Å². The van der Waals surface area contributed by atoms with Crippen molar-refractivity contribution in [3.63, 3.8) is 0 Å². The number of phosphoric acid groups is 2. The molecule has 0 heterocycles. The van der Waals surface area contributed by atoms with E-state index in [0.29, 0.717) is 44.9 Å². The molecule has 0 bridgehead atoms. The number of hydrogen-bond donors (Lipinski definition) is 3. The summed E-state index contributed by atoms with van der Waals surface area (Å²) in [4.78, 5) is 73.1. The third kappa shape index (κ3) is 80.6. The summed E-state index contributed by atoms with van der Waals surface area (Å²) >= 11 is 0. The van der Waals surface area contributed by atoms with Crippen molar-refractivity contribution in [2.75, 3.05) is 39.6 Å². The van der Waals surface area contributed by atoms with E-state index in [1.807, 2.05) is 42.5 Å². The minimum absolute atomic E-state index is 0.00684. The fourth-order valence-electron chi connectivity index (χ4n) is 9.46. The van der Waals surface area contributed by atoms with E-state index < -0.39 is 97.5 Å². The lowest BCUT2D eigenvalue weighted by Gasteiger charge is -2.21. The van der Waals surface area contributed by atoms with Gasteiger partial charge in [-0.25, -0.2) is 9.13 Å². The summed E-state index contributed by atoms with van der Waals surface area (Å²) in [7, 11) is -10.1. The van der Waals surface area contributed by atoms with Crippen molar-refractivity contribution in [2.24, 2.45) is 0 Å². The third-order valence-corrected chi connectivity index (χ3v) is 17.4. The van der Waals surface area contributed by atoms with Crippen LogP contribution in [0, 0.1) is 0 Å². The van der Waals surface area contributed by atoms with E-state index in [9.17, 15) is 43.2 Å². The van der Waals surface area contributed by atoms with E-state index in [2.05, 4.69) is 240 Å². The maximum atomic E-state index is 13.1. The van der Waals surface area contributed by atoms with Crippen LogP contribution < -0.4 is 0 Å². The first-order valence-corrected chi connectivity index (χ1v) is 43.9. The molecule has 5 unspecified atom stereocenters.